The van der Waals surface area contributed by atoms with Crippen LogP contribution in [0.5, 0.6) is 0 Å². The number of benzene rings is 2. The average molecular weight is 320 g/mol. The van der Waals surface area contributed by atoms with Gasteiger partial charge >= 0.3 is 0 Å². The van der Waals surface area contributed by atoms with E-state index in [2.05, 4.69) is 48.8 Å². The molecule has 3 aromatic rings. The highest BCUT2D eigenvalue weighted by Crippen LogP contribution is 2.21. The fraction of sp³-hybridized carbons (Fsp3) is 0.286. The third kappa shape index (κ3) is 2.87. The van der Waals surface area contributed by atoms with Crippen LogP contribution in [-0.2, 0) is 4.74 Å². The molecule has 122 valence electrons. The predicted octanol–water partition coefficient (Wildman–Crippen LogP) is 3.68. The molecule has 3 nitrogen and oxygen atoms in total. The first kappa shape index (κ1) is 15.2. The van der Waals surface area contributed by atoms with E-state index in [0.29, 0.717) is 0 Å². The molecule has 1 aromatic heterocycles. The van der Waals surface area contributed by atoms with Gasteiger partial charge in [-0.25, -0.2) is 4.58 Å². The maximum Gasteiger partial charge on any atom is 0.214 e. The highest BCUT2D eigenvalue weighted by atomic mass is 16.5. The number of hydrogen-bond donors (Lipinski definition) is 0. The lowest BCUT2D eigenvalue weighted by atomic mass is 10.1. The van der Waals surface area contributed by atoms with Crippen LogP contribution in [-0.4, -0.2) is 25.3 Å². The molecular weight excluding hydrogens is 298 g/mol. The standard InChI is InChI=1S/C21H22NO2/c1-15-13-22(14-16(2)23-15)19-12-21(17-8-4-3-5-9-17)24-20-11-7-6-10-18(19)20/h3-12,15-16H,13-14H2,1-2H3/q+1/t15-,16-/m0/s1. The highest BCUT2D eigenvalue weighted by molar-refractivity contribution is 5.78. The second kappa shape index (κ2) is 6.25. The van der Waals surface area contributed by atoms with Crippen molar-refractivity contribution >= 4 is 11.0 Å². The molecule has 0 radical (unpaired) electrons. The molecule has 2 aromatic carbocycles. The third-order valence-corrected chi connectivity index (χ3v) is 4.47. The Bertz CT molecular complexity index is 915. The van der Waals surface area contributed by atoms with Crippen LogP contribution in [0.15, 0.2) is 65.1 Å². The Labute approximate surface area is 141 Å². The number of rotatable bonds is 1. The zero-order valence-corrected chi connectivity index (χ0v) is 14.1. The van der Waals surface area contributed by atoms with Gasteiger partial charge in [-0.15, -0.1) is 0 Å². The zero-order chi connectivity index (χ0) is 16.5. The molecule has 0 saturated carbocycles. The van der Waals surface area contributed by atoms with Crippen molar-refractivity contribution in [3.05, 3.63) is 66.0 Å². The minimum atomic E-state index is 0.227. The lowest BCUT2D eigenvalue weighted by Gasteiger charge is -2.23. The van der Waals surface area contributed by atoms with Gasteiger partial charge in [0, 0.05) is 5.56 Å². The molecule has 0 N–H and O–H groups in total. The van der Waals surface area contributed by atoms with Crippen molar-refractivity contribution in [2.45, 2.75) is 26.1 Å². The fourth-order valence-corrected chi connectivity index (χ4v) is 3.50. The molecule has 1 aliphatic rings. The molecule has 2 atom stereocenters. The summed E-state index contributed by atoms with van der Waals surface area (Å²) in [5, 5.41) is 2.37. The van der Waals surface area contributed by atoms with Gasteiger partial charge in [0.2, 0.25) is 5.36 Å². The first-order valence-corrected chi connectivity index (χ1v) is 8.52. The minimum absolute atomic E-state index is 0.227. The van der Waals surface area contributed by atoms with Crippen LogP contribution >= 0.6 is 0 Å². The van der Waals surface area contributed by atoms with E-state index in [1.54, 1.807) is 0 Å². The van der Waals surface area contributed by atoms with Crippen LogP contribution < -0.4 is 9.93 Å². The summed E-state index contributed by atoms with van der Waals surface area (Å²) in [5.74, 6) is 0.899. The summed E-state index contributed by atoms with van der Waals surface area (Å²) in [6, 6.07) is 20.7. The maximum atomic E-state index is 6.18. The number of morpholine rings is 1. The van der Waals surface area contributed by atoms with Gasteiger partial charge in [0.15, 0.2) is 13.1 Å². The summed E-state index contributed by atoms with van der Waals surface area (Å²) in [4.78, 5) is 0. The first-order valence-electron chi connectivity index (χ1n) is 8.52. The number of hydrogen-bond acceptors (Lipinski definition) is 2. The second-order valence-electron chi connectivity index (χ2n) is 6.52. The number of nitrogens with zero attached hydrogens (tertiary/aromatic N) is 1. The van der Waals surface area contributed by atoms with E-state index >= 15 is 0 Å². The number of ether oxygens (including phenoxy) is 1. The maximum absolute atomic E-state index is 6.18. The van der Waals surface area contributed by atoms with Crippen LogP contribution in [0.2, 0.25) is 0 Å². The van der Waals surface area contributed by atoms with Gasteiger partial charge in [0.05, 0.1) is 11.5 Å². The molecule has 4 rings (SSSR count). The molecule has 0 spiro atoms. The van der Waals surface area contributed by atoms with Crippen molar-refractivity contribution < 1.29 is 9.15 Å². The van der Waals surface area contributed by atoms with Crippen LogP contribution in [0, 0.1) is 0 Å². The van der Waals surface area contributed by atoms with Crippen molar-refractivity contribution in [1.29, 1.82) is 0 Å². The third-order valence-electron chi connectivity index (χ3n) is 4.47. The minimum Gasteiger partial charge on any atom is -0.456 e. The van der Waals surface area contributed by atoms with Crippen LogP contribution in [0.3, 0.4) is 0 Å². The molecule has 24 heavy (non-hydrogen) atoms. The molecule has 1 aliphatic heterocycles. The summed E-state index contributed by atoms with van der Waals surface area (Å²) < 4.78 is 14.5. The summed E-state index contributed by atoms with van der Waals surface area (Å²) in [6.07, 6.45) is 0.453. The molecular formula is C21H22NO2+. The topological polar surface area (TPSA) is 25.4 Å². The normalized spacial score (nSPS) is 21.2. The Morgan fingerprint density at radius 1 is 0.875 bits per heavy atom. The molecule has 0 amide bonds. The lowest BCUT2D eigenvalue weighted by Crippen LogP contribution is -2.47. The summed E-state index contributed by atoms with van der Waals surface area (Å²) >= 11 is 0. The Balaban J connectivity index is 2.00. The van der Waals surface area contributed by atoms with Gasteiger partial charge < -0.3 is 9.15 Å². The predicted molar refractivity (Wildman–Crippen MR) is 96.7 cm³/mol. The largest absolute Gasteiger partial charge is 0.456 e. The SMILES string of the molecule is C[C@H]1C[N+](=c2cc(-c3ccccc3)oc3ccccc23)C[C@H](C)O1. The first-order chi connectivity index (χ1) is 11.7. The van der Waals surface area contributed by atoms with E-state index in [9.17, 15) is 0 Å². The second-order valence-corrected chi connectivity index (χ2v) is 6.52. The summed E-state index contributed by atoms with van der Waals surface area (Å²) in [7, 11) is 0. The number of para-hydroxylation sites is 1. The van der Waals surface area contributed by atoms with E-state index in [4.69, 9.17) is 9.15 Å². The van der Waals surface area contributed by atoms with E-state index < -0.39 is 0 Å². The molecule has 1 fully saturated rings. The number of fused-ring (bicyclic) bond motifs is 1. The van der Waals surface area contributed by atoms with E-state index in [-0.39, 0.29) is 12.2 Å². The summed E-state index contributed by atoms with van der Waals surface area (Å²) in [6.45, 7) is 6.06. The van der Waals surface area contributed by atoms with Gasteiger partial charge in [-0.2, -0.15) is 0 Å². The van der Waals surface area contributed by atoms with Gasteiger partial charge in [-0.05, 0) is 26.0 Å². The molecule has 0 unspecified atom stereocenters. The van der Waals surface area contributed by atoms with Crippen molar-refractivity contribution in [3.63, 3.8) is 0 Å². The van der Waals surface area contributed by atoms with Gasteiger partial charge in [0.1, 0.15) is 23.6 Å². The van der Waals surface area contributed by atoms with E-state index in [1.165, 1.54) is 5.36 Å². The molecule has 3 heteroatoms. The quantitative estimate of drug-likeness (QED) is 0.639. The monoisotopic (exact) mass is 320 g/mol. The smallest absolute Gasteiger partial charge is 0.214 e. The molecule has 0 bridgehead atoms. The van der Waals surface area contributed by atoms with E-state index in [0.717, 1.165) is 35.4 Å². The summed E-state index contributed by atoms with van der Waals surface area (Å²) in [5.41, 5.74) is 2.01. The molecule has 1 saturated heterocycles. The lowest BCUT2D eigenvalue weighted by molar-refractivity contribution is -0.0261. The van der Waals surface area contributed by atoms with Crippen molar-refractivity contribution in [3.8, 4) is 11.3 Å². The average Bonchev–Trinajstić information content (AvgIpc) is 2.60. The van der Waals surface area contributed by atoms with E-state index in [1.807, 2.05) is 30.3 Å². The Kier molecular flexibility index (Phi) is 3.95. The van der Waals surface area contributed by atoms with Crippen LogP contribution in [0.25, 0.3) is 22.3 Å². The zero-order valence-electron chi connectivity index (χ0n) is 14.1. The van der Waals surface area contributed by atoms with Gasteiger partial charge in [0.25, 0.3) is 0 Å². The fourth-order valence-electron chi connectivity index (χ4n) is 3.50. The van der Waals surface area contributed by atoms with Crippen molar-refractivity contribution in [2.24, 2.45) is 0 Å². The van der Waals surface area contributed by atoms with Crippen LogP contribution in [0.1, 0.15) is 13.8 Å². The van der Waals surface area contributed by atoms with Gasteiger partial charge in [-0.3, -0.25) is 0 Å². The van der Waals surface area contributed by atoms with Crippen molar-refractivity contribution in [2.75, 3.05) is 13.1 Å². The highest BCUT2D eigenvalue weighted by Gasteiger charge is 2.26. The Morgan fingerprint density at radius 2 is 1.54 bits per heavy atom. The molecule has 0 aliphatic carbocycles. The Hall–Kier alpha value is -2.39. The molecule has 2 heterocycles. The van der Waals surface area contributed by atoms with Crippen LogP contribution in [0.4, 0.5) is 0 Å². The van der Waals surface area contributed by atoms with Crippen molar-refractivity contribution in [1.82, 2.24) is 4.58 Å². The Morgan fingerprint density at radius 3 is 2.29 bits per heavy atom. The van der Waals surface area contributed by atoms with Gasteiger partial charge in [-0.1, -0.05) is 42.5 Å².